The number of imidazole rings is 1. The van der Waals surface area contributed by atoms with Crippen LogP contribution in [0.5, 0.6) is 0 Å². The van der Waals surface area contributed by atoms with E-state index in [1.54, 1.807) is 7.05 Å². The first kappa shape index (κ1) is 19.1. The maximum absolute atomic E-state index is 12.5. The Bertz CT molecular complexity index is 1180. The zero-order chi connectivity index (χ0) is 21.5. The van der Waals surface area contributed by atoms with E-state index in [-0.39, 0.29) is 18.4 Å². The highest BCUT2D eigenvalue weighted by molar-refractivity contribution is 5.96. The Morgan fingerprint density at radius 2 is 2.13 bits per heavy atom. The van der Waals surface area contributed by atoms with Crippen LogP contribution in [0.3, 0.4) is 0 Å². The number of carboxylic acid groups (broad SMARTS) is 1. The molecule has 1 aromatic heterocycles. The van der Waals surface area contributed by atoms with Gasteiger partial charge in [-0.05, 0) is 35.9 Å². The van der Waals surface area contributed by atoms with Crippen molar-refractivity contribution < 1.29 is 19.4 Å². The van der Waals surface area contributed by atoms with Crippen molar-refractivity contribution in [3.8, 4) is 0 Å². The first-order chi connectivity index (χ1) is 15.0. The molecule has 2 unspecified atom stereocenters. The molecule has 0 bridgehead atoms. The molecule has 0 saturated heterocycles. The zero-order valence-electron chi connectivity index (χ0n) is 16.8. The van der Waals surface area contributed by atoms with Gasteiger partial charge in [-0.25, -0.2) is 9.98 Å². The van der Waals surface area contributed by atoms with Crippen LogP contribution >= 0.6 is 0 Å². The summed E-state index contributed by atoms with van der Waals surface area (Å²) in [6.45, 7) is 0.759. The molecule has 0 saturated carbocycles. The number of carboxylic acids is 1. The fraction of sp³-hybridized carbons (Fsp3) is 0.273. The van der Waals surface area contributed by atoms with Gasteiger partial charge in [-0.1, -0.05) is 12.1 Å². The average Bonchev–Trinajstić information content (AvgIpc) is 3.38. The van der Waals surface area contributed by atoms with Gasteiger partial charge in [0.05, 0.1) is 17.5 Å². The number of aromatic nitrogens is 2. The minimum atomic E-state index is -1.02. The van der Waals surface area contributed by atoms with Gasteiger partial charge in [-0.3, -0.25) is 9.59 Å². The van der Waals surface area contributed by atoms with Crippen molar-refractivity contribution >= 4 is 34.5 Å². The molecule has 9 nitrogen and oxygen atoms in total. The molecule has 1 amide bonds. The van der Waals surface area contributed by atoms with Crippen molar-refractivity contribution in [2.24, 2.45) is 4.99 Å². The summed E-state index contributed by atoms with van der Waals surface area (Å²) in [5.41, 5.74) is 4.26. The monoisotopic (exact) mass is 419 g/mol. The third-order valence-corrected chi connectivity index (χ3v) is 5.52. The molecule has 9 heteroatoms. The lowest BCUT2D eigenvalue weighted by Gasteiger charge is -2.19. The molecule has 2 aliphatic rings. The van der Waals surface area contributed by atoms with Gasteiger partial charge < -0.3 is 25.0 Å². The summed E-state index contributed by atoms with van der Waals surface area (Å²) < 4.78 is 5.86. The van der Waals surface area contributed by atoms with Crippen molar-refractivity contribution in [1.82, 2.24) is 14.9 Å². The van der Waals surface area contributed by atoms with Gasteiger partial charge in [0, 0.05) is 24.8 Å². The number of fused-ring (bicyclic) bond motifs is 2. The van der Waals surface area contributed by atoms with E-state index in [1.807, 2.05) is 42.5 Å². The molecule has 2 aromatic carbocycles. The molecule has 3 heterocycles. The van der Waals surface area contributed by atoms with E-state index < -0.39 is 12.0 Å². The second kappa shape index (κ2) is 7.42. The number of hydrogen-bond donors (Lipinski definition) is 3. The van der Waals surface area contributed by atoms with E-state index in [4.69, 9.17) is 14.8 Å². The topological polar surface area (TPSA) is 120 Å². The number of ether oxygens (including phenoxy) is 1. The molecule has 3 N–H and O–H groups in total. The second-order valence-electron chi connectivity index (χ2n) is 7.76. The van der Waals surface area contributed by atoms with E-state index in [1.165, 1.54) is 4.90 Å². The lowest BCUT2D eigenvalue weighted by atomic mass is 10.1. The number of H-pyrrole nitrogens is 1. The van der Waals surface area contributed by atoms with Crippen LogP contribution in [0, 0.1) is 0 Å². The molecule has 5 rings (SSSR count). The number of aliphatic carboxylic acids is 1. The zero-order valence-corrected chi connectivity index (χ0v) is 16.8. The Morgan fingerprint density at radius 3 is 2.94 bits per heavy atom. The van der Waals surface area contributed by atoms with E-state index in [0.717, 1.165) is 33.7 Å². The van der Waals surface area contributed by atoms with Gasteiger partial charge in [0.25, 0.3) is 0 Å². The summed E-state index contributed by atoms with van der Waals surface area (Å²) in [7, 11) is 1.67. The molecule has 2 aliphatic heterocycles. The van der Waals surface area contributed by atoms with Crippen LogP contribution in [-0.4, -0.2) is 57.4 Å². The van der Waals surface area contributed by atoms with Gasteiger partial charge in [0.15, 0.2) is 0 Å². The third kappa shape index (κ3) is 3.58. The Morgan fingerprint density at radius 1 is 1.29 bits per heavy atom. The fourth-order valence-corrected chi connectivity index (χ4v) is 3.96. The SMILES string of the molecule is CN1Cc2cc(C3=NC(c4nc5ccccc5[nH]4)CO3)ccc2NC(CC(=O)O)C1=O. The lowest BCUT2D eigenvalue weighted by molar-refractivity contribution is -0.141. The second-order valence-corrected chi connectivity index (χ2v) is 7.76. The van der Waals surface area contributed by atoms with Gasteiger partial charge in [0.1, 0.15) is 24.5 Å². The minimum absolute atomic E-state index is 0.219. The molecular formula is C22H21N5O4. The van der Waals surface area contributed by atoms with Crippen LogP contribution < -0.4 is 5.32 Å². The smallest absolute Gasteiger partial charge is 0.305 e. The summed E-state index contributed by atoms with van der Waals surface area (Å²) in [5.74, 6) is 0.00672. The van der Waals surface area contributed by atoms with E-state index in [0.29, 0.717) is 19.0 Å². The number of anilines is 1. The third-order valence-electron chi connectivity index (χ3n) is 5.52. The number of para-hydroxylation sites is 2. The number of aliphatic imine (C=N–C) groups is 1. The minimum Gasteiger partial charge on any atom is -0.481 e. The summed E-state index contributed by atoms with van der Waals surface area (Å²) >= 11 is 0. The normalized spacial score (nSPS) is 20.6. The lowest BCUT2D eigenvalue weighted by Crippen LogP contribution is -2.39. The van der Waals surface area contributed by atoms with Crippen molar-refractivity contribution in [2.45, 2.75) is 25.0 Å². The standard InChI is InChI=1S/C22H21N5O4/c1-27-10-13-8-12(6-7-14(13)23-17(22(27)30)9-19(28)29)21-26-18(11-31-21)20-24-15-4-2-3-5-16(15)25-20/h2-8,17-18,23H,9-11H2,1H3,(H,24,25)(H,28,29). The Hall–Kier alpha value is -3.88. The van der Waals surface area contributed by atoms with E-state index in [9.17, 15) is 9.59 Å². The van der Waals surface area contributed by atoms with Gasteiger partial charge >= 0.3 is 5.97 Å². The molecule has 2 atom stereocenters. The number of carbonyl (C=O) groups is 2. The number of carbonyl (C=O) groups excluding carboxylic acids is 1. The van der Waals surface area contributed by atoms with Crippen LogP contribution in [0.2, 0.25) is 0 Å². The molecule has 0 aliphatic carbocycles. The first-order valence-electron chi connectivity index (χ1n) is 10.00. The fourth-order valence-electron chi connectivity index (χ4n) is 3.96. The van der Waals surface area contributed by atoms with Gasteiger partial charge in [-0.2, -0.15) is 0 Å². The van der Waals surface area contributed by atoms with Gasteiger partial charge in [-0.15, -0.1) is 0 Å². The Labute approximate surface area is 177 Å². The molecule has 0 fully saturated rings. The highest BCUT2D eigenvalue weighted by Crippen LogP contribution is 2.29. The number of benzene rings is 2. The van der Waals surface area contributed by atoms with Crippen LogP contribution in [-0.2, 0) is 20.9 Å². The van der Waals surface area contributed by atoms with Crippen molar-refractivity contribution in [1.29, 1.82) is 0 Å². The Balaban J connectivity index is 1.42. The molecule has 3 aromatic rings. The van der Waals surface area contributed by atoms with Crippen LogP contribution in [0.4, 0.5) is 5.69 Å². The maximum atomic E-state index is 12.5. The van der Waals surface area contributed by atoms with Crippen LogP contribution in [0.1, 0.15) is 29.4 Å². The van der Waals surface area contributed by atoms with Crippen LogP contribution in [0.25, 0.3) is 11.0 Å². The molecule has 0 radical (unpaired) electrons. The molecule has 0 spiro atoms. The number of rotatable bonds is 4. The first-order valence-corrected chi connectivity index (χ1v) is 10.00. The van der Waals surface area contributed by atoms with Crippen molar-refractivity contribution in [3.05, 3.63) is 59.4 Å². The van der Waals surface area contributed by atoms with Crippen LogP contribution in [0.15, 0.2) is 47.5 Å². The number of nitrogens with one attached hydrogen (secondary N) is 2. The average molecular weight is 419 g/mol. The molecular weight excluding hydrogens is 398 g/mol. The highest BCUT2D eigenvalue weighted by Gasteiger charge is 2.30. The predicted molar refractivity (Wildman–Crippen MR) is 114 cm³/mol. The van der Waals surface area contributed by atoms with Crippen molar-refractivity contribution in [3.63, 3.8) is 0 Å². The van der Waals surface area contributed by atoms with Gasteiger partial charge in [0.2, 0.25) is 11.8 Å². The summed E-state index contributed by atoms with van der Waals surface area (Å²) in [6.07, 6.45) is -0.278. The summed E-state index contributed by atoms with van der Waals surface area (Å²) in [5, 5.41) is 12.2. The highest BCUT2D eigenvalue weighted by atomic mass is 16.5. The van der Waals surface area contributed by atoms with E-state index >= 15 is 0 Å². The predicted octanol–water partition coefficient (Wildman–Crippen LogP) is 2.31. The molecule has 158 valence electrons. The van der Waals surface area contributed by atoms with E-state index in [2.05, 4.69) is 15.3 Å². The number of likely N-dealkylation sites (N-methyl/N-ethyl adjacent to an activating group) is 1. The maximum Gasteiger partial charge on any atom is 0.305 e. The quantitative estimate of drug-likeness (QED) is 0.597. The summed E-state index contributed by atoms with van der Waals surface area (Å²) in [4.78, 5) is 37.8. The molecule has 31 heavy (non-hydrogen) atoms. The van der Waals surface area contributed by atoms with Crippen molar-refractivity contribution in [2.75, 3.05) is 19.0 Å². The largest absolute Gasteiger partial charge is 0.481 e. The number of amides is 1. The number of hydrogen-bond acceptors (Lipinski definition) is 6. The summed E-state index contributed by atoms with van der Waals surface area (Å²) in [6, 6.07) is 12.4. The number of aromatic amines is 1. The number of nitrogens with zero attached hydrogens (tertiary/aromatic N) is 3. The Kier molecular flexibility index (Phi) is 4.58.